The first-order valence-electron chi connectivity index (χ1n) is 8.74. The molecule has 5 nitrogen and oxygen atoms in total. The van der Waals surface area contributed by atoms with E-state index in [4.69, 9.17) is 16.3 Å². The van der Waals surface area contributed by atoms with Gasteiger partial charge in [0.1, 0.15) is 18.0 Å². The minimum atomic E-state index is -1.49. The summed E-state index contributed by atoms with van der Waals surface area (Å²) in [5.74, 6) is -0.563. The SMILES string of the molecule is CC(C)(F)COc1ccc(Cl)cc1Cn1cc(CO)c2c(C(=O)O)cccc21. The van der Waals surface area contributed by atoms with Crippen molar-refractivity contribution in [2.24, 2.45) is 0 Å². The normalized spacial score (nSPS) is 11.8. The zero-order chi connectivity index (χ0) is 20.5. The second kappa shape index (κ2) is 7.81. The zero-order valence-electron chi connectivity index (χ0n) is 15.6. The van der Waals surface area contributed by atoms with Crippen molar-refractivity contribution in [2.75, 3.05) is 6.61 Å². The van der Waals surface area contributed by atoms with Crippen LogP contribution < -0.4 is 4.74 Å². The van der Waals surface area contributed by atoms with Gasteiger partial charge >= 0.3 is 5.97 Å². The van der Waals surface area contributed by atoms with E-state index in [-0.39, 0.29) is 18.8 Å². The summed E-state index contributed by atoms with van der Waals surface area (Å²) < 4.78 is 21.3. The summed E-state index contributed by atoms with van der Waals surface area (Å²) in [5, 5.41) is 20.2. The van der Waals surface area contributed by atoms with Crippen molar-refractivity contribution in [3.8, 4) is 5.75 Å². The topological polar surface area (TPSA) is 71.7 Å². The maximum atomic E-state index is 13.9. The van der Waals surface area contributed by atoms with E-state index in [1.807, 2.05) is 4.57 Å². The number of nitrogens with zero attached hydrogens (tertiary/aromatic N) is 1. The third-order valence-corrected chi connectivity index (χ3v) is 4.55. The van der Waals surface area contributed by atoms with E-state index in [9.17, 15) is 19.4 Å². The van der Waals surface area contributed by atoms with Crippen LogP contribution in [0.2, 0.25) is 5.02 Å². The van der Waals surface area contributed by atoms with E-state index in [1.165, 1.54) is 19.9 Å². The molecule has 28 heavy (non-hydrogen) atoms. The van der Waals surface area contributed by atoms with Crippen molar-refractivity contribution in [3.05, 3.63) is 64.3 Å². The smallest absolute Gasteiger partial charge is 0.336 e. The van der Waals surface area contributed by atoms with Crippen LogP contribution >= 0.6 is 11.6 Å². The van der Waals surface area contributed by atoms with E-state index >= 15 is 0 Å². The number of hydrogen-bond donors (Lipinski definition) is 2. The minimum absolute atomic E-state index is 0.112. The van der Waals surface area contributed by atoms with Gasteiger partial charge in [0.05, 0.1) is 18.7 Å². The Labute approximate surface area is 166 Å². The van der Waals surface area contributed by atoms with Gasteiger partial charge in [0.25, 0.3) is 0 Å². The molecule has 2 aromatic carbocycles. The van der Waals surface area contributed by atoms with Gasteiger partial charge in [-0.25, -0.2) is 9.18 Å². The highest BCUT2D eigenvalue weighted by Crippen LogP contribution is 2.30. The van der Waals surface area contributed by atoms with Gasteiger partial charge < -0.3 is 19.5 Å². The van der Waals surface area contributed by atoms with Crippen LogP contribution in [0.4, 0.5) is 4.39 Å². The van der Waals surface area contributed by atoms with Crippen LogP contribution in [0.3, 0.4) is 0 Å². The summed E-state index contributed by atoms with van der Waals surface area (Å²) >= 11 is 6.13. The molecule has 0 amide bonds. The Morgan fingerprint density at radius 1 is 1.25 bits per heavy atom. The highest BCUT2D eigenvalue weighted by atomic mass is 35.5. The molecule has 148 valence electrons. The lowest BCUT2D eigenvalue weighted by Gasteiger charge is -2.18. The predicted octanol–water partition coefficient (Wildman–Crippen LogP) is 4.66. The average Bonchev–Trinajstić information content (AvgIpc) is 2.98. The first-order chi connectivity index (χ1) is 13.2. The fourth-order valence-electron chi connectivity index (χ4n) is 3.11. The number of hydrogen-bond acceptors (Lipinski definition) is 3. The zero-order valence-corrected chi connectivity index (χ0v) is 16.3. The highest BCUT2D eigenvalue weighted by molar-refractivity contribution is 6.30. The van der Waals surface area contributed by atoms with E-state index in [0.29, 0.717) is 33.8 Å². The quantitative estimate of drug-likeness (QED) is 0.599. The molecule has 0 saturated heterocycles. The first kappa shape index (κ1) is 20.2. The van der Waals surface area contributed by atoms with Crippen LogP contribution in [-0.2, 0) is 13.2 Å². The van der Waals surface area contributed by atoms with Crippen LogP contribution in [0.15, 0.2) is 42.6 Å². The molecule has 0 saturated carbocycles. The average molecular weight is 406 g/mol. The van der Waals surface area contributed by atoms with Gasteiger partial charge in [-0.1, -0.05) is 17.7 Å². The van der Waals surface area contributed by atoms with Crippen LogP contribution in [-0.4, -0.2) is 33.0 Å². The molecule has 3 rings (SSSR count). The number of ether oxygens (including phenoxy) is 1. The van der Waals surface area contributed by atoms with Crippen molar-refractivity contribution in [1.29, 1.82) is 0 Å². The van der Waals surface area contributed by atoms with Crippen molar-refractivity contribution >= 4 is 28.5 Å². The Kier molecular flexibility index (Phi) is 5.63. The number of aliphatic hydroxyl groups is 1. The summed E-state index contributed by atoms with van der Waals surface area (Å²) in [6, 6.07) is 10.0. The maximum Gasteiger partial charge on any atom is 0.336 e. The summed E-state index contributed by atoms with van der Waals surface area (Å²) in [6.07, 6.45) is 1.71. The van der Waals surface area contributed by atoms with Gasteiger partial charge in [-0.2, -0.15) is 0 Å². The largest absolute Gasteiger partial charge is 0.490 e. The van der Waals surface area contributed by atoms with Crippen LogP contribution in [0.1, 0.15) is 35.3 Å². The number of carboxylic acids is 1. The van der Waals surface area contributed by atoms with E-state index in [0.717, 1.165) is 5.56 Å². The molecule has 0 atom stereocenters. The van der Waals surface area contributed by atoms with Crippen LogP contribution in [0.25, 0.3) is 10.9 Å². The number of alkyl halides is 1. The van der Waals surface area contributed by atoms with Crippen LogP contribution in [0.5, 0.6) is 5.75 Å². The van der Waals surface area contributed by atoms with Gasteiger partial charge in [0.2, 0.25) is 0 Å². The lowest BCUT2D eigenvalue weighted by atomic mass is 10.1. The number of rotatable bonds is 7. The number of aromatic carboxylic acids is 1. The minimum Gasteiger partial charge on any atom is -0.490 e. The Morgan fingerprint density at radius 3 is 2.64 bits per heavy atom. The lowest BCUT2D eigenvalue weighted by Crippen LogP contribution is -2.23. The maximum absolute atomic E-state index is 13.9. The van der Waals surface area contributed by atoms with Gasteiger partial charge in [0.15, 0.2) is 0 Å². The van der Waals surface area contributed by atoms with Gasteiger partial charge in [-0.15, -0.1) is 0 Å². The lowest BCUT2D eigenvalue weighted by molar-refractivity contribution is 0.0699. The van der Waals surface area contributed by atoms with E-state index in [2.05, 4.69) is 0 Å². The van der Waals surface area contributed by atoms with Crippen LogP contribution in [0, 0.1) is 0 Å². The van der Waals surface area contributed by atoms with Crippen molar-refractivity contribution in [2.45, 2.75) is 32.7 Å². The third-order valence-electron chi connectivity index (χ3n) is 4.32. The Hall–Kier alpha value is -2.57. The number of aromatic nitrogens is 1. The molecule has 3 aromatic rings. The first-order valence-corrected chi connectivity index (χ1v) is 9.12. The number of carbonyl (C=O) groups is 1. The molecular formula is C21H21ClFNO4. The Morgan fingerprint density at radius 2 is 2.00 bits per heavy atom. The van der Waals surface area contributed by atoms with E-state index < -0.39 is 11.6 Å². The number of benzene rings is 2. The highest BCUT2D eigenvalue weighted by Gasteiger charge is 2.19. The van der Waals surface area contributed by atoms with Gasteiger partial charge in [-0.05, 0) is 44.2 Å². The molecule has 0 spiro atoms. The summed E-state index contributed by atoms with van der Waals surface area (Å²) in [4.78, 5) is 11.6. The molecule has 0 radical (unpaired) electrons. The fourth-order valence-corrected chi connectivity index (χ4v) is 3.31. The second-order valence-electron chi connectivity index (χ2n) is 7.20. The molecule has 2 N–H and O–H groups in total. The molecule has 1 heterocycles. The Balaban J connectivity index is 2.05. The summed E-state index contributed by atoms with van der Waals surface area (Å²) in [7, 11) is 0. The number of fused-ring (bicyclic) bond motifs is 1. The molecule has 0 aliphatic heterocycles. The Bertz CT molecular complexity index is 1020. The standard InChI is InChI=1S/C21H21ClFNO4/c1-21(2,23)12-28-18-7-6-15(22)8-13(18)9-24-10-14(11-25)19-16(20(26)27)4-3-5-17(19)24/h3-8,10,25H,9,11-12H2,1-2H3,(H,26,27). The van der Waals surface area contributed by atoms with Crippen molar-refractivity contribution in [3.63, 3.8) is 0 Å². The molecule has 1 aromatic heterocycles. The molecule has 7 heteroatoms. The summed E-state index contributed by atoms with van der Waals surface area (Å²) in [5.41, 5.74) is 0.543. The predicted molar refractivity (Wildman–Crippen MR) is 106 cm³/mol. The molecule has 0 bridgehead atoms. The number of aliphatic hydroxyl groups excluding tert-OH is 1. The molecule has 0 fully saturated rings. The molecular weight excluding hydrogens is 385 g/mol. The molecule has 0 aliphatic carbocycles. The third kappa shape index (κ3) is 4.29. The number of carboxylic acid groups (broad SMARTS) is 1. The second-order valence-corrected chi connectivity index (χ2v) is 7.64. The van der Waals surface area contributed by atoms with Crippen molar-refractivity contribution < 1.29 is 24.1 Å². The van der Waals surface area contributed by atoms with Gasteiger partial charge in [-0.3, -0.25) is 0 Å². The molecule has 0 aliphatic rings. The molecule has 0 unspecified atom stereocenters. The monoisotopic (exact) mass is 405 g/mol. The van der Waals surface area contributed by atoms with E-state index in [1.54, 1.807) is 36.5 Å². The van der Waals surface area contributed by atoms with Gasteiger partial charge in [0, 0.05) is 33.2 Å². The fraction of sp³-hybridized carbons (Fsp3) is 0.286. The van der Waals surface area contributed by atoms with Crippen molar-refractivity contribution in [1.82, 2.24) is 4.57 Å². The number of halogens is 2. The summed E-state index contributed by atoms with van der Waals surface area (Å²) in [6.45, 7) is 2.79.